The molecule has 0 spiro atoms. The number of furan rings is 1. The summed E-state index contributed by atoms with van der Waals surface area (Å²) in [5, 5.41) is 3.48. The maximum Gasteiger partial charge on any atom is 0.117 e. The van der Waals surface area contributed by atoms with Crippen molar-refractivity contribution in [1.29, 1.82) is 0 Å². The standard InChI is InChI=1S/C16H30N2O/c1-5-6-7-10-18(14(2)3)15(4)12-17-13-16-9-8-11-19-16/h8-9,11,14-15,17H,5-7,10,12-13H2,1-4H3. The molecule has 0 aromatic carbocycles. The van der Waals surface area contributed by atoms with Crippen molar-refractivity contribution in [2.24, 2.45) is 0 Å². The molecule has 0 aliphatic carbocycles. The van der Waals surface area contributed by atoms with Gasteiger partial charge >= 0.3 is 0 Å². The summed E-state index contributed by atoms with van der Waals surface area (Å²) in [5.41, 5.74) is 0. The average molecular weight is 266 g/mol. The summed E-state index contributed by atoms with van der Waals surface area (Å²) in [6, 6.07) is 5.12. The minimum absolute atomic E-state index is 0.562. The molecule has 0 fully saturated rings. The molecule has 1 N–H and O–H groups in total. The Bertz CT molecular complexity index is 309. The number of rotatable bonds is 10. The highest BCUT2D eigenvalue weighted by Crippen LogP contribution is 2.08. The van der Waals surface area contributed by atoms with Gasteiger partial charge in [-0.3, -0.25) is 4.90 Å². The molecule has 19 heavy (non-hydrogen) atoms. The number of unbranched alkanes of at least 4 members (excludes halogenated alkanes) is 2. The Hall–Kier alpha value is -0.800. The van der Waals surface area contributed by atoms with E-state index in [1.54, 1.807) is 6.26 Å². The quantitative estimate of drug-likeness (QED) is 0.655. The zero-order valence-corrected chi connectivity index (χ0v) is 13.0. The van der Waals surface area contributed by atoms with E-state index in [1.807, 2.05) is 12.1 Å². The van der Waals surface area contributed by atoms with Crippen molar-refractivity contribution in [3.63, 3.8) is 0 Å². The van der Waals surface area contributed by atoms with Gasteiger partial charge in [0.1, 0.15) is 5.76 Å². The molecule has 3 nitrogen and oxygen atoms in total. The Balaban J connectivity index is 2.28. The molecule has 1 unspecified atom stereocenters. The van der Waals surface area contributed by atoms with Crippen LogP contribution < -0.4 is 5.32 Å². The van der Waals surface area contributed by atoms with E-state index in [1.165, 1.54) is 25.8 Å². The van der Waals surface area contributed by atoms with E-state index in [0.29, 0.717) is 12.1 Å². The van der Waals surface area contributed by atoms with Crippen LogP contribution in [-0.4, -0.2) is 30.1 Å². The van der Waals surface area contributed by atoms with Gasteiger partial charge in [0.2, 0.25) is 0 Å². The summed E-state index contributed by atoms with van der Waals surface area (Å²) in [5.74, 6) is 1.01. The summed E-state index contributed by atoms with van der Waals surface area (Å²) in [7, 11) is 0. The van der Waals surface area contributed by atoms with Crippen molar-refractivity contribution in [3.8, 4) is 0 Å². The van der Waals surface area contributed by atoms with E-state index in [4.69, 9.17) is 4.42 Å². The Labute approximate surface area is 118 Å². The fourth-order valence-electron chi connectivity index (χ4n) is 2.47. The maximum absolute atomic E-state index is 5.33. The van der Waals surface area contributed by atoms with Crippen molar-refractivity contribution in [3.05, 3.63) is 24.2 Å². The van der Waals surface area contributed by atoms with Crippen LogP contribution in [0.15, 0.2) is 22.8 Å². The number of nitrogens with zero attached hydrogens (tertiary/aromatic N) is 1. The molecule has 3 heteroatoms. The normalized spacial score (nSPS) is 13.4. The van der Waals surface area contributed by atoms with Crippen molar-refractivity contribution in [2.75, 3.05) is 13.1 Å². The molecule has 1 aromatic heterocycles. The van der Waals surface area contributed by atoms with E-state index in [0.717, 1.165) is 18.8 Å². The van der Waals surface area contributed by atoms with E-state index in [9.17, 15) is 0 Å². The third-order valence-electron chi connectivity index (χ3n) is 3.57. The van der Waals surface area contributed by atoms with Crippen LogP contribution in [-0.2, 0) is 6.54 Å². The molecule has 0 saturated heterocycles. The number of hydrogen-bond acceptors (Lipinski definition) is 3. The first-order valence-corrected chi connectivity index (χ1v) is 7.64. The highest BCUT2D eigenvalue weighted by molar-refractivity contribution is 4.97. The van der Waals surface area contributed by atoms with Gasteiger partial charge in [0.15, 0.2) is 0 Å². The van der Waals surface area contributed by atoms with Gasteiger partial charge in [-0.05, 0) is 45.9 Å². The SMILES string of the molecule is CCCCCN(C(C)C)C(C)CNCc1ccco1. The molecule has 0 aliphatic rings. The lowest BCUT2D eigenvalue weighted by atomic mass is 10.1. The van der Waals surface area contributed by atoms with Gasteiger partial charge in [-0.2, -0.15) is 0 Å². The van der Waals surface area contributed by atoms with Gasteiger partial charge in [-0.25, -0.2) is 0 Å². The highest BCUT2D eigenvalue weighted by Gasteiger charge is 2.16. The molecule has 0 aliphatic heterocycles. The van der Waals surface area contributed by atoms with Gasteiger partial charge in [-0.15, -0.1) is 0 Å². The Morgan fingerprint density at radius 2 is 2.05 bits per heavy atom. The number of nitrogens with one attached hydrogen (secondary N) is 1. The Morgan fingerprint density at radius 1 is 1.26 bits per heavy atom. The largest absolute Gasteiger partial charge is 0.468 e. The van der Waals surface area contributed by atoms with Crippen LogP contribution in [0.3, 0.4) is 0 Å². The monoisotopic (exact) mass is 266 g/mol. The van der Waals surface area contributed by atoms with Crippen LogP contribution in [0.25, 0.3) is 0 Å². The van der Waals surface area contributed by atoms with Gasteiger partial charge in [0.25, 0.3) is 0 Å². The van der Waals surface area contributed by atoms with E-state index >= 15 is 0 Å². The van der Waals surface area contributed by atoms with Crippen molar-refractivity contribution in [2.45, 2.75) is 65.6 Å². The predicted octanol–water partition coefficient (Wildman–Crippen LogP) is 3.66. The topological polar surface area (TPSA) is 28.4 Å². The predicted molar refractivity (Wildman–Crippen MR) is 81.2 cm³/mol. The third kappa shape index (κ3) is 6.26. The average Bonchev–Trinajstić information content (AvgIpc) is 2.87. The van der Waals surface area contributed by atoms with E-state index in [2.05, 4.69) is 37.9 Å². The molecule has 1 rings (SSSR count). The molecule has 110 valence electrons. The summed E-state index contributed by atoms with van der Waals surface area (Å²) in [6.45, 7) is 12.2. The van der Waals surface area contributed by atoms with Crippen LogP contribution in [0.5, 0.6) is 0 Å². The summed E-state index contributed by atoms with van der Waals surface area (Å²) in [6.07, 6.45) is 5.65. The summed E-state index contributed by atoms with van der Waals surface area (Å²) < 4.78 is 5.33. The maximum atomic E-state index is 5.33. The van der Waals surface area contributed by atoms with Crippen molar-refractivity contribution in [1.82, 2.24) is 10.2 Å². The first-order valence-electron chi connectivity index (χ1n) is 7.64. The zero-order valence-electron chi connectivity index (χ0n) is 13.0. The molecular formula is C16H30N2O. The highest BCUT2D eigenvalue weighted by atomic mass is 16.3. The fourth-order valence-corrected chi connectivity index (χ4v) is 2.47. The van der Waals surface area contributed by atoms with Crippen LogP contribution in [0.4, 0.5) is 0 Å². The van der Waals surface area contributed by atoms with Gasteiger partial charge in [0.05, 0.1) is 12.8 Å². The molecule has 1 aromatic rings. The second-order valence-corrected chi connectivity index (χ2v) is 5.60. The summed E-state index contributed by atoms with van der Waals surface area (Å²) >= 11 is 0. The molecule has 0 bridgehead atoms. The molecule has 1 heterocycles. The lowest BCUT2D eigenvalue weighted by molar-refractivity contribution is 0.157. The second kappa shape index (κ2) is 9.16. The van der Waals surface area contributed by atoms with Gasteiger partial charge in [0, 0.05) is 18.6 Å². The second-order valence-electron chi connectivity index (χ2n) is 5.60. The van der Waals surface area contributed by atoms with Crippen LogP contribution in [0, 0.1) is 0 Å². The molecular weight excluding hydrogens is 236 g/mol. The van der Waals surface area contributed by atoms with Gasteiger partial charge in [-0.1, -0.05) is 19.8 Å². The van der Waals surface area contributed by atoms with Crippen LogP contribution in [0.1, 0.15) is 52.7 Å². The zero-order chi connectivity index (χ0) is 14.1. The van der Waals surface area contributed by atoms with Crippen LogP contribution >= 0.6 is 0 Å². The lowest BCUT2D eigenvalue weighted by Crippen LogP contribution is -2.44. The Morgan fingerprint density at radius 3 is 2.63 bits per heavy atom. The molecule has 1 atom stereocenters. The summed E-state index contributed by atoms with van der Waals surface area (Å²) in [4.78, 5) is 2.59. The molecule has 0 radical (unpaired) electrons. The Kier molecular flexibility index (Phi) is 7.84. The smallest absolute Gasteiger partial charge is 0.117 e. The third-order valence-corrected chi connectivity index (χ3v) is 3.57. The minimum atomic E-state index is 0.562. The van der Waals surface area contributed by atoms with Crippen molar-refractivity contribution < 1.29 is 4.42 Å². The first kappa shape index (κ1) is 16.3. The van der Waals surface area contributed by atoms with E-state index < -0.39 is 0 Å². The first-order chi connectivity index (χ1) is 9.15. The van der Waals surface area contributed by atoms with Crippen molar-refractivity contribution >= 4 is 0 Å². The van der Waals surface area contributed by atoms with Crippen LogP contribution in [0.2, 0.25) is 0 Å². The molecule has 0 saturated carbocycles. The molecule has 0 amide bonds. The lowest BCUT2D eigenvalue weighted by Gasteiger charge is -2.33. The van der Waals surface area contributed by atoms with Gasteiger partial charge < -0.3 is 9.73 Å². The fraction of sp³-hybridized carbons (Fsp3) is 0.750. The minimum Gasteiger partial charge on any atom is -0.468 e. The number of hydrogen-bond donors (Lipinski definition) is 1. The van der Waals surface area contributed by atoms with E-state index in [-0.39, 0.29) is 0 Å².